The smallest absolute Gasteiger partial charge is 0.220 e. The number of hydrogen-bond donors (Lipinski definition) is 1. The van der Waals surface area contributed by atoms with Gasteiger partial charge < -0.3 is 15.2 Å². The highest BCUT2D eigenvalue weighted by Gasteiger charge is 2.28. The molecule has 82 valence electrons. The third-order valence-electron chi connectivity index (χ3n) is 2.42. The Morgan fingerprint density at radius 2 is 2.00 bits per heavy atom. The lowest BCUT2D eigenvalue weighted by atomic mass is 9.90. The van der Waals surface area contributed by atoms with Gasteiger partial charge in [0.25, 0.3) is 0 Å². The molecule has 1 aromatic heterocycles. The van der Waals surface area contributed by atoms with Gasteiger partial charge in [0.1, 0.15) is 11.9 Å². The molecule has 0 bridgehead atoms. The third kappa shape index (κ3) is 2.36. The van der Waals surface area contributed by atoms with E-state index in [1.165, 1.54) is 0 Å². The molecule has 1 saturated carbocycles. The molecule has 1 aliphatic rings. The molecule has 1 aromatic rings. The lowest BCUT2D eigenvalue weighted by Crippen LogP contribution is -2.43. The maximum atomic E-state index is 5.67. The molecule has 0 amide bonds. The van der Waals surface area contributed by atoms with Crippen molar-refractivity contribution in [2.75, 3.05) is 7.11 Å². The van der Waals surface area contributed by atoms with Crippen molar-refractivity contribution >= 4 is 0 Å². The van der Waals surface area contributed by atoms with Gasteiger partial charge in [-0.15, -0.1) is 0 Å². The highest BCUT2D eigenvalue weighted by Crippen LogP contribution is 2.24. The van der Waals surface area contributed by atoms with Crippen LogP contribution in [0, 0.1) is 6.92 Å². The molecular formula is C10H15N3O2. The van der Waals surface area contributed by atoms with E-state index in [-0.39, 0.29) is 12.1 Å². The van der Waals surface area contributed by atoms with E-state index in [0.29, 0.717) is 17.6 Å². The van der Waals surface area contributed by atoms with Crippen LogP contribution >= 0.6 is 0 Å². The van der Waals surface area contributed by atoms with Crippen molar-refractivity contribution < 1.29 is 9.47 Å². The van der Waals surface area contributed by atoms with Gasteiger partial charge in [-0.1, -0.05) is 0 Å². The fraction of sp³-hybridized carbons (Fsp3) is 0.600. The molecule has 1 aliphatic carbocycles. The highest BCUT2D eigenvalue weighted by molar-refractivity contribution is 5.21. The first-order valence-corrected chi connectivity index (χ1v) is 4.99. The number of ether oxygens (including phenoxy) is 2. The number of aryl methyl sites for hydroxylation is 1. The number of methoxy groups -OCH3 is 1. The second-order valence-corrected chi connectivity index (χ2v) is 3.77. The van der Waals surface area contributed by atoms with E-state index in [9.17, 15) is 0 Å². The summed E-state index contributed by atoms with van der Waals surface area (Å²) in [6.45, 7) is 1.81. The molecule has 2 N–H and O–H groups in total. The van der Waals surface area contributed by atoms with Crippen molar-refractivity contribution in [3.63, 3.8) is 0 Å². The summed E-state index contributed by atoms with van der Waals surface area (Å²) in [6, 6.07) is 1.97. The van der Waals surface area contributed by atoms with Crippen molar-refractivity contribution in [3.05, 3.63) is 11.9 Å². The summed E-state index contributed by atoms with van der Waals surface area (Å²) in [4.78, 5) is 8.25. The molecule has 0 aromatic carbocycles. The molecule has 0 unspecified atom stereocenters. The first kappa shape index (κ1) is 10.2. The van der Waals surface area contributed by atoms with E-state index < -0.39 is 0 Å². The Morgan fingerprint density at radius 1 is 1.33 bits per heavy atom. The Kier molecular flexibility index (Phi) is 2.73. The van der Waals surface area contributed by atoms with Crippen LogP contribution in [0.5, 0.6) is 11.8 Å². The number of hydrogen-bond acceptors (Lipinski definition) is 5. The normalized spacial score (nSPS) is 24.5. The summed E-state index contributed by atoms with van der Waals surface area (Å²) in [6.07, 6.45) is 1.98. The van der Waals surface area contributed by atoms with Crippen LogP contribution < -0.4 is 15.2 Å². The molecule has 0 aliphatic heterocycles. The fourth-order valence-electron chi connectivity index (χ4n) is 1.55. The van der Waals surface area contributed by atoms with Gasteiger partial charge in [-0.05, 0) is 19.8 Å². The highest BCUT2D eigenvalue weighted by atomic mass is 16.5. The summed E-state index contributed by atoms with van der Waals surface area (Å²) in [5, 5.41) is 0. The summed E-state index contributed by atoms with van der Waals surface area (Å²) in [5.74, 6) is 1.74. The molecule has 2 rings (SSSR count). The molecule has 0 spiro atoms. The van der Waals surface area contributed by atoms with Crippen LogP contribution in [0.15, 0.2) is 6.07 Å². The van der Waals surface area contributed by atoms with E-state index in [2.05, 4.69) is 9.97 Å². The van der Waals surface area contributed by atoms with Gasteiger partial charge in [0.2, 0.25) is 11.8 Å². The largest absolute Gasteiger partial charge is 0.481 e. The molecule has 0 saturated heterocycles. The predicted octanol–water partition coefficient (Wildman–Crippen LogP) is 0.662. The van der Waals surface area contributed by atoms with Crippen LogP contribution in [-0.4, -0.2) is 29.2 Å². The zero-order valence-corrected chi connectivity index (χ0v) is 8.93. The Labute approximate surface area is 88.6 Å². The zero-order chi connectivity index (χ0) is 10.8. The zero-order valence-electron chi connectivity index (χ0n) is 8.93. The number of aromatic nitrogens is 2. The Balaban J connectivity index is 2.04. The van der Waals surface area contributed by atoms with Gasteiger partial charge in [0, 0.05) is 6.04 Å². The van der Waals surface area contributed by atoms with E-state index >= 15 is 0 Å². The maximum Gasteiger partial charge on any atom is 0.220 e. The fourth-order valence-corrected chi connectivity index (χ4v) is 1.55. The number of nitrogens with zero attached hydrogens (tertiary/aromatic N) is 2. The summed E-state index contributed by atoms with van der Waals surface area (Å²) < 4.78 is 10.7. The molecule has 5 nitrogen and oxygen atoms in total. The van der Waals surface area contributed by atoms with Crippen LogP contribution in [0.3, 0.4) is 0 Å². The van der Waals surface area contributed by atoms with Crippen molar-refractivity contribution in [1.29, 1.82) is 0 Å². The average molecular weight is 209 g/mol. The topological polar surface area (TPSA) is 70.3 Å². The molecule has 0 atom stereocenters. The minimum absolute atomic E-state index is 0.194. The first-order chi connectivity index (χ1) is 7.17. The van der Waals surface area contributed by atoms with E-state index in [4.69, 9.17) is 15.2 Å². The lowest BCUT2D eigenvalue weighted by Gasteiger charge is -2.32. The summed E-state index contributed by atoms with van der Waals surface area (Å²) in [7, 11) is 1.57. The van der Waals surface area contributed by atoms with Crippen molar-refractivity contribution in [1.82, 2.24) is 9.97 Å². The molecule has 1 fully saturated rings. The molecule has 5 heteroatoms. The Bertz CT molecular complexity index is 351. The van der Waals surface area contributed by atoms with Crippen LogP contribution in [0.1, 0.15) is 18.7 Å². The SMILES string of the molecule is COc1cc(OC2CC(N)C2)nc(C)n1. The van der Waals surface area contributed by atoms with Crippen LogP contribution in [0.2, 0.25) is 0 Å². The standard InChI is InChI=1S/C10H15N3O2/c1-6-12-9(14-2)5-10(13-6)15-8-3-7(11)4-8/h5,7-8H,3-4,11H2,1-2H3. The van der Waals surface area contributed by atoms with Crippen LogP contribution in [-0.2, 0) is 0 Å². The van der Waals surface area contributed by atoms with Crippen LogP contribution in [0.25, 0.3) is 0 Å². The molecule has 1 heterocycles. The second kappa shape index (κ2) is 4.02. The van der Waals surface area contributed by atoms with Gasteiger partial charge in [0.15, 0.2) is 0 Å². The molecular weight excluding hydrogens is 194 g/mol. The number of rotatable bonds is 3. The minimum Gasteiger partial charge on any atom is -0.481 e. The quantitative estimate of drug-likeness (QED) is 0.792. The van der Waals surface area contributed by atoms with Gasteiger partial charge in [-0.3, -0.25) is 0 Å². The maximum absolute atomic E-state index is 5.67. The summed E-state index contributed by atoms with van der Waals surface area (Å²) in [5.41, 5.74) is 5.67. The van der Waals surface area contributed by atoms with E-state index in [1.807, 2.05) is 6.92 Å². The van der Waals surface area contributed by atoms with Crippen molar-refractivity contribution in [2.45, 2.75) is 31.9 Å². The number of nitrogens with two attached hydrogens (primary N) is 1. The second-order valence-electron chi connectivity index (χ2n) is 3.77. The monoisotopic (exact) mass is 209 g/mol. The third-order valence-corrected chi connectivity index (χ3v) is 2.42. The van der Waals surface area contributed by atoms with Crippen LogP contribution in [0.4, 0.5) is 0 Å². The van der Waals surface area contributed by atoms with Gasteiger partial charge in [-0.25, -0.2) is 0 Å². The van der Waals surface area contributed by atoms with Gasteiger partial charge in [0.05, 0.1) is 13.2 Å². The minimum atomic E-state index is 0.194. The van der Waals surface area contributed by atoms with Crippen molar-refractivity contribution in [2.24, 2.45) is 5.73 Å². The Morgan fingerprint density at radius 3 is 2.60 bits per heavy atom. The van der Waals surface area contributed by atoms with E-state index in [1.54, 1.807) is 13.2 Å². The lowest BCUT2D eigenvalue weighted by molar-refractivity contribution is 0.0950. The Hall–Kier alpha value is -1.36. The summed E-state index contributed by atoms with van der Waals surface area (Å²) >= 11 is 0. The average Bonchev–Trinajstić information content (AvgIpc) is 2.14. The molecule has 0 radical (unpaired) electrons. The van der Waals surface area contributed by atoms with E-state index in [0.717, 1.165) is 12.8 Å². The molecule has 15 heavy (non-hydrogen) atoms. The van der Waals surface area contributed by atoms with Gasteiger partial charge in [-0.2, -0.15) is 9.97 Å². The predicted molar refractivity (Wildman–Crippen MR) is 54.9 cm³/mol. The van der Waals surface area contributed by atoms with Gasteiger partial charge >= 0.3 is 0 Å². The van der Waals surface area contributed by atoms with Crippen molar-refractivity contribution in [3.8, 4) is 11.8 Å². The first-order valence-electron chi connectivity index (χ1n) is 4.99.